The van der Waals surface area contributed by atoms with Crippen LogP contribution in [-0.2, 0) is 10.0 Å². The molecule has 0 radical (unpaired) electrons. The minimum Gasteiger partial charge on any atom is -0.340 e. The molecule has 3 aromatic rings. The van der Waals surface area contributed by atoms with Gasteiger partial charge in [-0.1, -0.05) is 29.8 Å². The number of anilines is 3. The second-order valence-corrected chi connectivity index (χ2v) is 9.70. The second kappa shape index (κ2) is 9.05. The standard InChI is InChI=1S/C23H25N5O3S/c1-17-3-7-20(8-4-17)25-22-15-18(2)24-23(26-22)27-11-13-28(14-12-27)32(30,31)21-9-5-19(16-29)6-10-21/h3-10,15-16H,11-14H2,1-2H3,(H,24,25,26). The Bertz CT molecular complexity index is 1200. The van der Waals surface area contributed by atoms with Crippen molar-refractivity contribution in [2.45, 2.75) is 18.7 Å². The molecule has 8 nitrogen and oxygen atoms in total. The Balaban J connectivity index is 1.46. The first-order valence-electron chi connectivity index (χ1n) is 10.3. The topological polar surface area (TPSA) is 95.5 Å². The predicted molar refractivity (Wildman–Crippen MR) is 124 cm³/mol. The van der Waals surface area contributed by atoms with Crippen LogP contribution in [0.2, 0.25) is 0 Å². The van der Waals surface area contributed by atoms with Crippen LogP contribution in [-0.4, -0.2) is 55.2 Å². The Morgan fingerprint density at radius 2 is 1.56 bits per heavy atom. The van der Waals surface area contributed by atoms with E-state index in [4.69, 9.17) is 0 Å². The molecule has 0 atom stereocenters. The molecule has 0 saturated carbocycles. The fraction of sp³-hybridized carbons (Fsp3) is 0.261. The largest absolute Gasteiger partial charge is 0.340 e. The van der Waals surface area contributed by atoms with E-state index in [0.29, 0.717) is 49.8 Å². The van der Waals surface area contributed by atoms with Crippen LogP contribution in [0, 0.1) is 13.8 Å². The van der Waals surface area contributed by atoms with Gasteiger partial charge in [0, 0.05) is 49.2 Å². The second-order valence-electron chi connectivity index (χ2n) is 7.76. The van der Waals surface area contributed by atoms with E-state index in [0.717, 1.165) is 11.4 Å². The van der Waals surface area contributed by atoms with Gasteiger partial charge in [0.2, 0.25) is 16.0 Å². The number of aldehydes is 1. The van der Waals surface area contributed by atoms with Crippen molar-refractivity contribution in [2.75, 3.05) is 36.4 Å². The minimum absolute atomic E-state index is 0.188. The van der Waals surface area contributed by atoms with Crippen LogP contribution in [0.25, 0.3) is 0 Å². The monoisotopic (exact) mass is 451 g/mol. The van der Waals surface area contributed by atoms with Gasteiger partial charge in [0.15, 0.2) is 0 Å². The minimum atomic E-state index is -3.62. The van der Waals surface area contributed by atoms with Crippen molar-refractivity contribution in [3.8, 4) is 0 Å². The quantitative estimate of drug-likeness (QED) is 0.575. The highest BCUT2D eigenvalue weighted by atomic mass is 32.2. The zero-order valence-electron chi connectivity index (χ0n) is 18.0. The van der Waals surface area contributed by atoms with E-state index in [9.17, 15) is 13.2 Å². The number of carbonyl (C=O) groups excluding carboxylic acids is 1. The fourth-order valence-electron chi connectivity index (χ4n) is 3.54. The summed E-state index contributed by atoms with van der Waals surface area (Å²) in [4.78, 5) is 22.2. The van der Waals surface area contributed by atoms with Gasteiger partial charge >= 0.3 is 0 Å². The molecule has 1 aromatic heterocycles. The van der Waals surface area contributed by atoms with Gasteiger partial charge in [-0.25, -0.2) is 13.4 Å². The smallest absolute Gasteiger partial charge is 0.243 e. The van der Waals surface area contributed by atoms with E-state index in [1.165, 1.54) is 34.1 Å². The normalized spacial score (nSPS) is 14.9. The Hall–Kier alpha value is -3.30. The van der Waals surface area contributed by atoms with Crippen molar-refractivity contribution in [3.63, 3.8) is 0 Å². The summed E-state index contributed by atoms with van der Waals surface area (Å²) in [6.45, 7) is 5.58. The van der Waals surface area contributed by atoms with E-state index >= 15 is 0 Å². The summed E-state index contributed by atoms with van der Waals surface area (Å²) in [6, 6.07) is 15.9. The van der Waals surface area contributed by atoms with Gasteiger partial charge in [-0.05, 0) is 38.1 Å². The Kier molecular flexibility index (Phi) is 6.20. The molecular formula is C23H25N5O3S. The number of aromatic nitrogens is 2. The van der Waals surface area contributed by atoms with Crippen molar-refractivity contribution >= 4 is 33.8 Å². The summed E-state index contributed by atoms with van der Waals surface area (Å²) < 4.78 is 27.3. The molecule has 1 fully saturated rings. The van der Waals surface area contributed by atoms with Gasteiger partial charge in [0.1, 0.15) is 12.1 Å². The van der Waals surface area contributed by atoms with E-state index in [2.05, 4.69) is 15.3 Å². The summed E-state index contributed by atoms with van der Waals surface area (Å²) in [7, 11) is -3.62. The lowest BCUT2D eigenvalue weighted by Gasteiger charge is -2.34. The maximum Gasteiger partial charge on any atom is 0.243 e. The maximum atomic E-state index is 12.9. The number of aryl methyl sites for hydroxylation is 2. The number of rotatable bonds is 6. The zero-order chi connectivity index (χ0) is 22.7. The Labute approximate surface area is 188 Å². The number of carbonyl (C=O) groups is 1. The maximum absolute atomic E-state index is 12.9. The third kappa shape index (κ3) is 4.79. The highest BCUT2D eigenvalue weighted by molar-refractivity contribution is 7.89. The number of hydrogen-bond donors (Lipinski definition) is 1. The number of hydrogen-bond acceptors (Lipinski definition) is 7. The van der Waals surface area contributed by atoms with Crippen LogP contribution in [0.4, 0.5) is 17.5 Å². The van der Waals surface area contributed by atoms with Gasteiger partial charge < -0.3 is 10.2 Å². The van der Waals surface area contributed by atoms with Crippen molar-refractivity contribution in [2.24, 2.45) is 0 Å². The first-order valence-corrected chi connectivity index (χ1v) is 11.8. The van der Waals surface area contributed by atoms with Crippen molar-refractivity contribution in [1.29, 1.82) is 0 Å². The van der Waals surface area contributed by atoms with Crippen LogP contribution in [0.3, 0.4) is 0 Å². The third-order valence-corrected chi connectivity index (χ3v) is 7.25. The van der Waals surface area contributed by atoms with E-state index in [1.807, 2.05) is 49.1 Å². The van der Waals surface area contributed by atoms with Crippen molar-refractivity contribution in [1.82, 2.24) is 14.3 Å². The molecule has 0 spiro atoms. The molecule has 0 aliphatic carbocycles. The first kappa shape index (κ1) is 21.9. The number of sulfonamides is 1. The van der Waals surface area contributed by atoms with Crippen LogP contribution >= 0.6 is 0 Å². The van der Waals surface area contributed by atoms with Crippen LogP contribution in [0.5, 0.6) is 0 Å². The van der Waals surface area contributed by atoms with E-state index in [-0.39, 0.29) is 4.90 Å². The first-order chi connectivity index (χ1) is 15.3. The summed E-state index contributed by atoms with van der Waals surface area (Å²) in [5.41, 5.74) is 3.40. The number of benzene rings is 2. The lowest BCUT2D eigenvalue weighted by molar-refractivity contribution is 0.112. The van der Waals surface area contributed by atoms with Gasteiger partial charge in [-0.2, -0.15) is 9.29 Å². The van der Waals surface area contributed by atoms with Crippen LogP contribution in [0.1, 0.15) is 21.6 Å². The molecule has 1 aliphatic heterocycles. The highest BCUT2D eigenvalue weighted by Gasteiger charge is 2.29. The van der Waals surface area contributed by atoms with E-state index < -0.39 is 10.0 Å². The third-order valence-electron chi connectivity index (χ3n) is 5.34. The average Bonchev–Trinajstić information content (AvgIpc) is 2.80. The van der Waals surface area contributed by atoms with Crippen molar-refractivity contribution in [3.05, 3.63) is 71.4 Å². The lowest BCUT2D eigenvalue weighted by Crippen LogP contribution is -2.49. The van der Waals surface area contributed by atoms with Crippen molar-refractivity contribution < 1.29 is 13.2 Å². The molecule has 2 aromatic carbocycles. The molecule has 1 N–H and O–H groups in total. The molecular weight excluding hydrogens is 426 g/mol. The molecule has 32 heavy (non-hydrogen) atoms. The summed E-state index contributed by atoms with van der Waals surface area (Å²) in [5.74, 6) is 1.27. The molecule has 166 valence electrons. The SMILES string of the molecule is Cc1ccc(Nc2cc(C)nc(N3CCN(S(=O)(=O)c4ccc(C=O)cc4)CC3)n2)cc1. The molecule has 2 heterocycles. The highest BCUT2D eigenvalue weighted by Crippen LogP contribution is 2.22. The lowest BCUT2D eigenvalue weighted by atomic mass is 10.2. The molecule has 0 unspecified atom stereocenters. The van der Waals surface area contributed by atoms with Gasteiger partial charge in [0.05, 0.1) is 4.90 Å². The molecule has 9 heteroatoms. The molecule has 1 saturated heterocycles. The van der Waals surface area contributed by atoms with Gasteiger partial charge in [-0.3, -0.25) is 4.79 Å². The molecule has 0 amide bonds. The fourth-order valence-corrected chi connectivity index (χ4v) is 4.96. The molecule has 1 aliphatic rings. The van der Waals surface area contributed by atoms with E-state index in [1.54, 1.807) is 0 Å². The zero-order valence-corrected chi connectivity index (χ0v) is 18.8. The number of nitrogens with zero attached hydrogens (tertiary/aromatic N) is 4. The number of nitrogens with one attached hydrogen (secondary N) is 1. The predicted octanol–water partition coefficient (Wildman–Crippen LogP) is 3.16. The van der Waals surface area contributed by atoms with Crippen LogP contribution in [0.15, 0.2) is 59.5 Å². The molecule has 4 rings (SSSR count). The average molecular weight is 452 g/mol. The number of piperazine rings is 1. The Morgan fingerprint density at radius 1 is 0.906 bits per heavy atom. The molecule has 0 bridgehead atoms. The summed E-state index contributed by atoms with van der Waals surface area (Å²) >= 11 is 0. The van der Waals surface area contributed by atoms with Gasteiger partial charge in [0.25, 0.3) is 0 Å². The summed E-state index contributed by atoms with van der Waals surface area (Å²) in [5, 5.41) is 3.31. The van der Waals surface area contributed by atoms with Crippen LogP contribution < -0.4 is 10.2 Å². The Morgan fingerprint density at radius 3 is 2.19 bits per heavy atom. The summed E-state index contributed by atoms with van der Waals surface area (Å²) in [6.07, 6.45) is 0.693. The van der Waals surface area contributed by atoms with Gasteiger partial charge in [-0.15, -0.1) is 0 Å².